The quantitative estimate of drug-likeness (QED) is 0.807. The zero-order valence-corrected chi connectivity index (χ0v) is 11.6. The number of hydrogen-bond acceptors (Lipinski definition) is 2. The van der Waals surface area contributed by atoms with Gasteiger partial charge in [-0.2, -0.15) is 0 Å². The van der Waals surface area contributed by atoms with Crippen LogP contribution in [0.4, 0.5) is 5.69 Å². The van der Waals surface area contributed by atoms with E-state index < -0.39 is 0 Å². The standard InChI is InChI=1S/C14H16ClNS/c1-10(2)13-5-3-4-6-14(13)16-8-12-7-11(15)9-17-12/h3-7,9-10,16H,8H2,1-2H3. The van der Waals surface area contributed by atoms with E-state index in [4.69, 9.17) is 11.6 Å². The molecule has 0 aliphatic heterocycles. The Balaban J connectivity index is 2.08. The molecule has 90 valence electrons. The number of para-hydroxylation sites is 1. The summed E-state index contributed by atoms with van der Waals surface area (Å²) in [7, 11) is 0. The summed E-state index contributed by atoms with van der Waals surface area (Å²) < 4.78 is 0. The van der Waals surface area contributed by atoms with Crippen molar-refractivity contribution >= 4 is 28.6 Å². The van der Waals surface area contributed by atoms with E-state index in [1.54, 1.807) is 11.3 Å². The monoisotopic (exact) mass is 265 g/mol. The molecule has 17 heavy (non-hydrogen) atoms. The van der Waals surface area contributed by atoms with Gasteiger partial charge < -0.3 is 5.32 Å². The van der Waals surface area contributed by atoms with Crippen LogP contribution in [0.15, 0.2) is 35.7 Å². The fraction of sp³-hybridized carbons (Fsp3) is 0.286. The summed E-state index contributed by atoms with van der Waals surface area (Å²) in [5.41, 5.74) is 2.57. The van der Waals surface area contributed by atoms with Gasteiger partial charge in [-0.3, -0.25) is 0 Å². The molecule has 3 heteroatoms. The highest BCUT2D eigenvalue weighted by atomic mass is 35.5. The topological polar surface area (TPSA) is 12.0 Å². The fourth-order valence-electron chi connectivity index (χ4n) is 1.79. The van der Waals surface area contributed by atoms with E-state index in [1.807, 2.05) is 11.4 Å². The summed E-state index contributed by atoms with van der Waals surface area (Å²) in [4.78, 5) is 1.26. The molecule has 0 fully saturated rings. The van der Waals surface area contributed by atoms with Gasteiger partial charge in [-0.05, 0) is 23.6 Å². The predicted octanol–water partition coefficient (Wildman–Crippen LogP) is 5.14. The van der Waals surface area contributed by atoms with Crippen LogP contribution in [0.2, 0.25) is 5.02 Å². The molecular formula is C14H16ClNS. The zero-order chi connectivity index (χ0) is 12.3. The number of benzene rings is 1. The van der Waals surface area contributed by atoms with Gasteiger partial charge in [0.05, 0.1) is 5.02 Å². The van der Waals surface area contributed by atoms with Crippen LogP contribution < -0.4 is 5.32 Å². The summed E-state index contributed by atoms with van der Waals surface area (Å²) >= 11 is 7.60. The van der Waals surface area contributed by atoms with Crippen LogP contribution in [0.5, 0.6) is 0 Å². The molecule has 0 radical (unpaired) electrons. The maximum atomic E-state index is 5.91. The van der Waals surface area contributed by atoms with Crippen LogP contribution in [-0.4, -0.2) is 0 Å². The fourth-order valence-corrected chi connectivity index (χ4v) is 2.80. The predicted molar refractivity (Wildman–Crippen MR) is 77.2 cm³/mol. The molecule has 0 atom stereocenters. The van der Waals surface area contributed by atoms with Crippen LogP contribution in [0.25, 0.3) is 0 Å². The molecule has 0 aliphatic rings. The Morgan fingerprint density at radius 2 is 2.06 bits per heavy atom. The third-order valence-electron chi connectivity index (χ3n) is 2.66. The highest BCUT2D eigenvalue weighted by molar-refractivity contribution is 7.10. The van der Waals surface area contributed by atoms with Crippen molar-refractivity contribution in [1.82, 2.24) is 0 Å². The van der Waals surface area contributed by atoms with E-state index in [1.165, 1.54) is 16.1 Å². The Bertz CT molecular complexity index is 490. The van der Waals surface area contributed by atoms with Crippen LogP contribution >= 0.6 is 22.9 Å². The molecule has 0 unspecified atom stereocenters. The largest absolute Gasteiger partial charge is 0.380 e. The van der Waals surface area contributed by atoms with Gasteiger partial charge in [0.25, 0.3) is 0 Å². The number of nitrogens with one attached hydrogen (secondary N) is 1. The van der Waals surface area contributed by atoms with Gasteiger partial charge in [-0.1, -0.05) is 43.6 Å². The maximum absolute atomic E-state index is 5.91. The molecule has 2 rings (SSSR count). The molecule has 1 N–H and O–H groups in total. The van der Waals surface area contributed by atoms with E-state index in [9.17, 15) is 0 Å². The maximum Gasteiger partial charge on any atom is 0.0516 e. The summed E-state index contributed by atoms with van der Waals surface area (Å²) in [6.07, 6.45) is 0. The number of anilines is 1. The molecule has 1 aromatic carbocycles. The summed E-state index contributed by atoms with van der Waals surface area (Å²) in [6.45, 7) is 5.26. The third-order valence-corrected chi connectivity index (χ3v) is 3.94. The van der Waals surface area contributed by atoms with E-state index in [0.29, 0.717) is 5.92 Å². The Morgan fingerprint density at radius 3 is 2.71 bits per heavy atom. The van der Waals surface area contributed by atoms with Gasteiger partial charge in [0.1, 0.15) is 0 Å². The van der Waals surface area contributed by atoms with Crippen LogP contribution in [0.1, 0.15) is 30.2 Å². The molecule has 0 saturated carbocycles. The van der Waals surface area contributed by atoms with Crippen LogP contribution in [-0.2, 0) is 6.54 Å². The Kier molecular flexibility index (Phi) is 4.08. The van der Waals surface area contributed by atoms with E-state index in [2.05, 4.69) is 43.4 Å². The minimum atomic E-state index is 0.533. The molecule has 0 amide bonds. The van der Waals surface area contributed by atoms with Crippen molar-refractivity contribution < 1.29 is 0 Å². The molecule has 1 nitrogen and oxygen atoms in total. The first-order chi connectivity index (χ1) is 8.16. The molecule has 1 heterocycles. The molecule has 2 aromatic rings. The lowest BCUT2D eigenvalue weighted by molar-refractivity contribution is 0.866. The average Bonchev–Trinajstić information content (AvgIpc) is 2.73. The molecule has 0 spiro atoms. The molecule has 0 bridgehead atoms. The summed E-state index contributed by atoms with van der Waals surface area (Å²) in [5, 5.41) is 6.26. The molecular weight excluding hydrogens is 250 g/mol. The SMILES string of the molecule is CC(C)c1ccccc1NCc1cc(Cl)cs1. The summed E-state index contributed by atoms with van der Waals surface area (Å²) in [5.74, 6) is 0.533. The number of halogens is 1. The van der Waals surface area contributed by atoms with Gasteiger partial charge in [0.15, 0.2) is 0 Å². The first-order valence-electron chi connectivity index (χ1n) is 5.72. The van der Waals surface area contributed by atoms with Crippen molar-refractivity contribution in [3.63, 3.8) is 0 Å². The van der Waals surface area contributed by atoms with Crippen LogP contribution in [0.3, 0.4) is 0 Å². The minimum absolute atomic E-state index is 0.533. The Morgan fingerprint density at radius 1 is 1.29 bits per heavy atom. The third kappa shape index (κ3) is 3.24. The molecule has 1 aromatic heterocycles. The van der Waals surface area contributed by atoms with Crippen molar-refractivity contribution in [2.75, 3.05) is 5.32 Å². The lowest BCUT2D eigenvalue weighted by atomic mass is 10.0. The van der Waals surface area contributed by atoms with Crippen molar-refractivity contribution in [3.05, 3.63) is 51.2 Å². The highest BCUT2D eigenvalue weighted by Gasteiger charge is 2.05. The van der Waals surface area contributed by atoms with E-state index in [-0.39, 0.29) is 0 Å². The van der Waals surface area contributed by atoms with E-state index in [0.717, 1.165) is 11.6 Å². The number of thiophene rings is 1. The number of rotatable bonds is 4. The van der Waals surface area contributed by atoms with Crippen molar-refractivity contribution in [1.29, 1.82) is 0 Å². The first-order valence-corrected chi connectivity index (χ1v) is 6.98. The second kappa shape index (κ2) is 5.56. The first kappa shape index (κ1) is 12.5. The molecule has 0 aliphatic carbocycles. The second-order valence-electron chi connectivity index (χ2n) is 4.33. The van der Waals surface area contributed by atoms with Crippen LogP contribution in [0, 0.1) is 0 Å². The normalized spacial score (nSPS) is 10.8. The Labute approximate surface area is 111 Å². The van der Waals surface area contributed by atoms with Crippen molar-refractivity contribution in [2.45, 2.75) is 26.3 Å². The lowest BCUT2D eigenvalue weighted by Gasteiger charge is -2.13. The van der Waals surface area contributed by atoms with Gasteiger partial charge in [0, 0.05) is 22.5 Å². The van der Waals surface area contributed by atoms with Gasteiger partial charge >= 0.3 is 0 Å². The summed E-state index contributed by atoms with van der Waals surface area (Å²) in [6, 6.07) is 10.5. The highest BCUT2D eigenvalue weighted by Crippen LogP contribution is 2.25. The average molecular weight is 266 g/mol. The van der Waals surface area contributed by atoms with Gasteiger partial charge in [0.2, 0.25) is 0 Å². The second-order valence-corrected chi connectivity index (χ2v) is 5.76. The zero-order valence-electron chi connectivity index (χ0n) is 10.0. The number of hydrogen-bond donors (Lipinski definition) is 1. The minimum Gasteiger partial charge on any atom is -0.380 e. The van der Waals surface area contributed by atoms with Gasteiger partial charge in [-0.15, -0.1) is 11.3 Å². The van der Waals surface area contributed by atoms with Crippen molar-refractivity contribution in [3.8, 4) is 0 Å². The molecule has 0 saturated heterocycles. The lowest BCUT2D eigenvalue weighted by Crippen LogP contribution is -2.01. The smallest absolute Gasteiger partial charge is 0.0516 e. The Hall–Kier alpha value is -0.990. The van der Waals surface area contributed by atoms with Crippen molar-refractivity contribution in [2.24, 2.45) is 0 Å². The van der Waals surface area contributed by atoms with Gasteiger partial charge in [-0.25, -0.2) is 0 Å². The van der Waals surface area contributed by atoms with E-state index >= 15 is 0 Å².